The van der Waals surface area contributed by atoms with E-state index >= 15 is 0 Å². The molecule has 2 fully saturated rings. The summed E-state index contributed by atoms with van der Waals surface area (Å²) in [6.07, 6.45) is 2.44. The van der Waals surface area contributed by atoms with Crippen molar-refractivity contribution < 1.29 is 9.90 Å². The number of aliphatic hydroxyl groups is 1. The van der Waals surface area contributed by atoms with Gasteiger partial charge in [0.05, 0.1) is 6.10 Å². The summed E-state index contributed by atoms with van der Waals surface area (Å²) in [7, 11) is 0. The van der Waals surface area contributed by atoms with E-state index in [9.17, 15) is 9.90 Å². The lowest BCUT2D eigenvalue weighted by atomic mass is 9.92. The van der Waals surface area contributed by atoms with Crippen LogP contribution in [0.5, 0.6) is 0 Å². The average Bonchev–Trinajstić information content (AvgIpc) is 2.33. The second kappa shape index (κ2) is 5.15. The Kier molecular flexibility index (Phi) is 3.82. The maximum absolute atomic E-state index is 12.2. The van der Waals surface area contributed by atoms with Crippen molar-refractivity contribution in [3.63, 3.8) is 0 Å². The zero-order chi connectivity index (χ0) is 11.5. The number of hydrogen-bond acceptors (Lipinski definition) is 3. The molecule has 0 aromatic rings. The zero-order valence-electron chi connectivity index (χ0n) is 9.98. The summed E-state index contributed by atoms with van der Waals surface area (Å²) in [5.74, 6) is 0.739. The molecule has 2 heterocycles. The summed E-state index contributed by atoms with van der Waals surface area (Å²) in [6, 6.07) is 0. The van der Waals surface area contributed by atoms with E-state index in [0.717, 1.165) is 45.4 Å². The van der Waals surface area contributed by atoms with E-state index in [2.05, 4.69) is 5.32 Å². The first-order valence-corrected chi connectivity index (χ1v) is 6.36. The Morgan fingerprint density at radius 1 is 1.31 bits per heavy atom. The van der Waals surface area contributed by atoms with Crippen molar-refractivity contribution in [3.8, 4) is 0 Å². The van der Waals surface area contributed by atoms with Gasteiger partial charge in [0, 0.05) is 19.0 Å². The molecule has 2 aliphatic heterocycles. The largest absolute Gasteiger partial charge is 0.393 e. The minimum atomic E-state index is -0.225. The standard InChI is InChI=1S/C12H22N2O2/c1-9-8-14(7-4-11(9)15)12(16)10-2-5-13-6-3-10/h9-11,13,15H,2-8H2,1H3/t9-,11-/m1/s1. The molecule has 0 saturated carbocycles. The van der Waals surface area contributed by atoms with E-state index in [1.165, 1.54) is 0 Å². The molecular weight excluding hydrogens is 204 g/mol. The van der Waals surface area contributed by atoms with E-state index < -0.39 is 0 Å². The van der Waals surface area contributed by atoms with Crippen molar-refractivity contribution in [3.05, 3.63) is 0 Å². The SMILES string of the molecule is C[C@@H]1CN(C(=O)C2CCNCC2)CC[C@H]1O. The lowest BCUT2D eigenvalue weighted by Crippen LogP contribution is -2.48. The van der Waals surface area contributed by atoms with Gasteiger partial charge in [0.1, 0.15) is 0 Å². The third-order valence-corrected chi connectivity index (χ3v) is 3.86. The highest BCUT2D eigenvalue weighted by atomic mass is 16.3. The molecule has 92 valence electrons. The Bertz CT molecular complexity index is 251. The molecule has 2 aliphatic rings. The predicted molar refractivity (Wildman–Crippen MR) is 62.0 cm³/mol. The lowest BCUT2D eigenvalue weighted by Gasteiger charge is -2.37. The lowest BCUT2D eigenvalue weighted by molar-refractivity contribution is -0.139. The first-order chi connectivity index (χ1) is 7.68. The topological polar surface area (TPSA) is 52.6 Å². The number of carbonyl (C=O) groups is 1. The fourth-order valence-corrected chi connectivity index (χ4v) is 2.66. The van der Waals surface area contributed by atoms with Crippen LogP contribution in [0.15, 0.2) is 0 Å². The highest BCUT2D eigenvalue weighted by Gasteiger charge is 2.31. The zero-order valence-corrected chi connectivity index (χ0v) is 9.98. The second-order valence-corrected chi connectivity index (χ2v) is 5.14. The predicted octanol–water partition coefficient (Wildman–Crippen LogP) is 0.215. The molecule has 0 bridgehead atoms. The van der Waals surface area contributed by atoms with E-state index in [1.54, 1.807) is 0 Å². The fourth-order valence-electron chi connectivity index (χ4n) is 2.66. The summed E-state index contributed by atoms with van der Waals surface area (Å²) in [5, 5.41) is 12.9. The van der Waals surface area contributed by atoms with Gasteiger partial charge in [-0.1, -0.05) is 6.92 Å². The Balaban J connectivity index is 1.89. The Morgan fingerprint density at radius 2 is 2.00 bits per heavy atom. The number of hydrogen-bond donors (Lipinski definition) is 2. The van der Waals surface area contributed by atoms with Gasteiger partial charge in [-0.3, -0.25) is 4.79 Å². The monoisotopic (exact) mass is 226 g/mol. The molecule has 4 heteroatoms. The van der Waals surface area contributed by atoms with E-state index in [-0.39, 0.29) is 17.9 Å². The van der Waals surface area contributed by atoms with Crippen LogP contribution in [0.1, 0.15) is 26.2 Å². The molecule has 2 rings (SSSR count). The van der Waals surface area contributed by atoms with Gasteiger partial charge < -0.3 is 15.3 Å². The van der Waals surface area contributed by atoms with Crippen molar-refractivity contribution in [1.82, 2.24) is 10.2 Å². The van der Waals surface area contributed by atoms with Crippen molar-refractivity contribution in [2.24, 2.45) is 11.8 Å². The Morgan fingerprint density at radius 3 is 2.62 bits per heavy atom. The van der Waals surface area contributed by atoms with Crippen LogP contribution in [0.25, 0.3) is 0 Å². The number of nitrogens with zero attached hydrogens (tertiary/aromatic N) is 1. The molecule has 0 aromatic carbocycles. The van der Waals surface area contributed by atoms with Crippen LogP contribution in [-0.4, -0.2) is 48.2 Å². The molecule has 4 nitrogen and oxygen atoms in total. The molecule has 0 aliphatic carbocycles. The van der Waals surface area contributed by atoms with E-state index in [1.807, 2.05) is 11.8 Å². The Labute approximate surface area is 97.0 Å². The van der Waals surface area contributed by atoms with Gasteiger partial charge >= 0.3 is 0 Å². The molecule has 2 saturated heterocycles. The normalized spacial score (nSPS) is 32.8. The van der Waals surface area contributed by atoms with E-state index in [0.29, 0.717) is 5.91 Å². The van der Waals surface area contributed by atoms with Crippen molar-refractivity contribution >= 4 is 5.91 Å². The van der Waals surface area contributed by atoms with Gasteiger partial charge in [0.25, 0.3) is 0 Å². The third kappa shape index (κ3) is 2.55. The molecule has 0 unspecified atom stereocenters. The van der Waals surface area contributed by atoms with Gasteiger partial charge in [-0.05, 0) is 38.3 Å². The highest BCUT2D eigenvalue weighted by molar-refractivity contribution is 5.79. The molecule has 1 amide bonds. The van der Waals surface area contributed by atoms with Gasteiger partial charge in [0.15, 0.2) is 0 Å². The summed E-state index contributed by atoms with van der Waals surface area (Å²) < 4.78 is 0. The first kappa shape index (κ1) is 11.9. The van der Waals surface area contributed by atoms with Crippen LogP contribution in [-0.2, 0) is 4.79 Å². The molecule has 2 N–H and O–H groups in total. The molecule has 16 heavy (non-hydrogen) atoms. The van der Waals surface area contributed by atoms with Crippen LogP contribution >= 0.6 is 0 Å². The van der Waals surface area contributed by atoms with Crippen molar-refractivity contribution in [2.45, 2.75) is 32.3 Å². The van der Waals surface area contributed by atoms with Crippen LogP contribution in [0.4, 0.5) is 0 Å². The fraction of sp³-hybridized carbons (Fsp3) is 0.917. The number of carbonyl (C=O) groups excluding carboxylic acids is 1. The summed E-state index contributed by atoms with van der Waals surface area (Å²) in [5.41, 5.74) is 0. The number of rotatable bonds is 1. The quantitative estimate of drug-likeness (QED) is 0.672. The van der Waals surface area contributed by atoms with Gasteiger partial charge in [-0.15, -0.1) is 0 Å². The summed E-state index contributed by atoms with van der Waals surface area (Å²) >= 11 is 0. The first-order valence-electron chi connectivity index (χ1n) is 6.36. The number of aliphatic hydroxyl groups excluding tert-OH is 1. The second-order valence-electron chi connectivity index (χ2n) is 5.14. The average molecular weight is 226 g/mol. The molecule has 0 spiro atoms. The van der Waals surface area contributed by atoms with Crippen molar-refractivity contribution in [2.75, 3.05) is 26.2 Å². The maximum Gasteiger partial charge on any atom is 0.225 e. The molecule has 0 aromatic heterocycles. The smallest absolute Gasteiger partial charge is 0.225 e. The maximum atomic E-state index is 12.2. The van der Waals surface area contributed by atoms with Crippen LogP contribution in [0.3, 0.4) is 0 Å². The summed E-state index contributed by atoms with van der Waals surface area (Å²) in [6.45, 7) is 5.40. The molecular formula is C12H22N2O2. The third-order valence-electron chi connectivity index (χ3n) is 3.86. The van der Waals surface area contributed by atoms with Crippen LogP contribution in [0, 0.1) is 11.8 Å². The van der Waals surface area contributed by atoms with Crippen LogP contribution in [0.2, 0.25) is 0 Å². The van der Waals surface area contributed by atoms with Gasteiger partial charge in [0.2, 0.25) is 5.91 Å². The van der Waals surface area contributed by atoms with Gasteiger partial charge in [-0.25, -0.2) is 0 Å². The molecule has 2 atom stereocenters. The molecule has 0 radical (unpaired) electrons. The minimum Gasteiger partial charge on any atom is -0.393 e. The minimum absolute atomic E-state index is 0.212. The van der Waals surface area contributed by atoms with Crippen molar-refractivity contribution in [1.29, 1.82) is 0 Å². The number of likely N-dealkylation sites (tertiary alicyclic amines) is 1. The van der Waals surface area contributed by atoms with E-state index in [4.69, 9.17) is 0 Å². The summed E-state index contributed by atoms with van der Waals surface area (Å²) in [4.78, 5) is 14.2. The van der Waals surface area contributed by atoms with Crippen LogP contribution < -0.4 is 5.32 Å². The number of piperidine rings is 2. The number of nitrogens with one attached hydrogen (secondary N) is 1. The highest BCUT2D eigenvalue weighted by Crippen LogP contribution is 2.21. The Hall–Kier alpha value is -0.610. The number of amides is 1. The van der Waals surface area contributed by atoms with Gasteiger partial charge in [-0.2, -0.15) is 0 Å².